The van der Waals surface area contributed by atoms with E-state index in [4.69, 9.17) is 0 Å². The number of ether oxygens (including phenoxy) is 1. The van der Waals surface area contributed by atoms with Gasteiger partial charge in [-0.2, -0.15) is 0 Å². The Bertz CT molecular complexity index is 238. The topological polar surface area (TPSA) is 67.4 Å². The van der Waals surface area contributed by atoms with Crippen molar-refractivity contribution < 1.29 is 14.3 Å². The van der Waals surface area contributed by atoms with Crippen molar-refractivity contribution in [1.82, 2.24) is 10.9 Å². The molecule has 0 aromatic heterocycles. The average Bonchev–Trinajstić information content (AvgIpc) is 2.70. The van der Waals surface area contributed by atoms with Crippen LogP contribution >= 0.6 is 0 Å². The van der Waals surface area contributed by atoms with Crippen LogP contribution in [0.1, 0.15) is 20.3 Å². The zero-order valence-corrected chi connectivity index (χ0v) is 8.01. The first-order valence-corrected chi connectivity index (χ1v) is 4.11. The van der Waals surface area contributed by atoms with Crippen molar-refractivity contribution in [3.05, 3.63) is 0 Å². The highest BCUT2D eigenvalue weighted by Gasteiger charge is 2.50. The summed E-state index contributed by atoms with van der Waals surface area (Å²) in [5.41, 5.74) is 4.49. The van der Waals surface area contributed by atoms with Crippen LogP contribution < -0.4 is 10.9 Å². The maximum Gasteiger partial charge on any atom is 0.425 e. The third-order valence-electron chi connectivity index (χ3n) is 2.30. The summed E-state index contributed by atoms with van der Waals surface area (Å²) in [6.07, 6.45) is 0.202. The van der Waals surface area contributed by atoms with Crippen LogP contribution in [0.4, 0.5) is 4.79 Å². The SMILES string of the molecule is COC(=O)NNC(=O)C1CC1(C)C. The highest BCUT2D eigenvalue weighted by molar-refractivity contribution is 5.84. The molecule has 0 radical (unpaired) electrons. The molecule has 5 nitrogen and oxygen atoms in total. The van der Waals surface area contributed by atoms with Crippen LogP contribution in [-0.2, 0) is 9.53 Å². The van der Waals surface area contributed by atoms with Gasteiger partial charge in [-0.1, -0.05) is 13.8 Å². The van der Waals surface area contributed by atoms with Crippen LogP contribution in [0.5, 0.6) is 0 Å². The second kappa shape index (κ2) is 3.24. The highest BCUT2D eigenvalue weighted by atomic mass is 16.5. The molecule has 0 heterocycles. The van der Waals surface area contributed by atoms with Gasteiger partial charge in [-0.3, -0.25) is 10.2 Å². The van der Waals surface area contributed by atoms with E-state index in [0.29, 0.717) is 0 Å². The van der Waals surface area contributed by atoms with Crippen LogP contribution in [-0.4, -0.2) is 19.1 Å². The molecule has 0 aliphatic heterocycles. The van der Waals surface area contributed by atoms with E-state index < -0.39 is 6.09 Å². The van der Waals surface area contributed by atoms with Crippen molar-refractivity contribution in [2.45, 2.75) is 20.3 Å². The zero-order valence-electron chi connectivity index (χ0n) is 8.01. The molecule has 74 valence electrons. The highest BCUT2D eigenvalue weighted by Crippen LogP contribution is 2.51. The maximum atomic E-state index is 11.3. The number of hydrogen-bond donors (Lipinski definition) is 2. The van der Waals surface area contributed by atoms with Crippen molar-refractivity contribution >= 4 is 12.0 Å². The molecular weight excluding hydrogens is 172 g/mol. The number of carbonyl (C=O) groups is 2. The van der Waals surface area contributed by atoms with Crippen molar-refractivity contribution in [3.8, 4) is 0 Å². The first kappa shape index (κ1) is 9.83. The van der Waals surface area contributed by atoms with Gasteiger partial charge >= 0.3 is 6.09 Å². The van der Waals surface area contributed by atoms with Gasteiger partial charge in [0.2, 0.25) is 5.91 Å². The number of methoxy groups -OCH3 is 1. The summed E-state index contributed by atoms with van der Waals surface area (Å²) < 4.78 is 4.29. The summed E-state index contributed by atoms with van der Waals surface area (Å²) in [6.45, 7) is 4.02. The Labute approximate surface area is 76.8 Å². The molecule has 0 bridgehead atoms. The zero-order chi connectivity index (χ0) is 10.1. The number of rotatable bonds is 1. The van der Waals surface area contributed by atoms with E-state index in [1.165, 1.54) is 7.11 Å². The third-order valence-corrected chi connectivity index (χ3v) is 2.30. The molecule has 0 aromatic carbocycles. The summed E-state index contributed by atoms with van der Waals surface area (Å²) in [7, 11) is 1.24. The normalized spacial score (nSPS) is 23.2. The van der Waals surface area contributed by atoms with Gasteiger partial charge in [0, 0.05) is 5.92 Å². The molecule has 1 atom stereocenters. The van der Waals surface area contributed by atoms with Gasteiger partial charge in [-0.15, -0.1) is 0 Å². The molecule has 1 unspecified atom stereocenters. The maximum absolute atomic E-state index is 11.3. The molecule has 0 aromatic rings. The first-order valence-electron chi connectivity index (χ1n) is 4.11. The largest absolute Gasteiger partial charge is 0.452 e. The number of hydrazine groups is 1. The van der Waals surface area contributed by atoms with Crippen LogP contribution in [0.3, 0.4) is 0 Å². The molecule has 1 saturated carbocycles. The van der Waals surface area contributed by atoms with Gasteiger partial charge < -0.3 is 4.74 Å². The van der Waals surface area contributed by atoms with Gasteiger partial charge in [-0.25, -0.2) is 10.2 Å². The molecule has 0 spiro atoms. The monoisotopic (exact) mass is 186 g/mol. The summed E-state index contributed by atoms with van der Waals surface area (Å²) in [4.78, 5) is 21.8. The summed E-state index contributed by atoms with van der Waals surface area (Å²) >= 11 is 0. The average molecular weight is 186 g/mol. The van der Waals surface area contributed by atoms with Crippen molar-refractivity contribution in [2.24, 2.45) is 11.3 Å². The second-order valence-electron chi connectivity index (χ2n) is 3.85. The molecule has 0 saturated heterocycles. The van der Waals surface area contributed by atoms with Crippen LogP contribution in [0.15, 0.2) is 0 Å². The van der Waals surface area contributed by atoms with Gasteiger partial charge in [0.05, 0.1) is 7.11 Å². The van der Waals surface area contributed by atoms with E-state index in [1.54, 1.807) is 0 Å². The third kappa shape index (κ3) is 2.34. The minimum absolute atomic E-state index is 0.00431. The summed E-state index contributed by atoms with van der Waals surface area (Å²) in [6, 6.07) is 0. The van der Waals surface area contributed by atoms with Crippen molar-refractivity contribution in [1.29, 1.82) is 0 Å². The Morgan fingerprint density at radius 1 is 1.38 bits per heavy atom. The summed E-state index contributed by atoms with van der Waals surface area (Å²) in [5.74, 6) is -0.153. The second-order valence-corrected chi connectivity index (χ2v) is 3.85. The van der Waals surface area contributed by atoms with Gasteiger partial charge in [0.25, 0.3) is 0 Å². The lowest BCUT2D eigenvalue weighted by molar-refractivity contribution is -0.123. The lowest BCUT2D eigenvalue weighted by Gasteiger charge is -2.06. The molecule has 13 heavy (non-hydrogen) atoms. The van der Waals surface area contributed by atoms with E-state index in [-0.39, 0.29) is 17.2 Å². The lowest BCUT2D eigenvalue weighted by Crippen LogP contribution is -2.42. The Balaban J connectivity index is 2.24. The molecule has 1 aliphatic carbocycles. The Hall–Kier alpha value is -1.26. The fourth-order valence-electron chi connectivity index (χ4n) is 1.17. The van der Waals surface area contributed by atoms with E-state index >= 15 is 0 Å². The van der Waals surface area contributed by atoms with Gasteiger partial charge in [-0.05, 0) is 11.8 Å². The summed E-state index contributed by atoms with van der Waals surface area (Å²) in [5, 5.41) is 0. The van der Waals surface area contributed by atoms with E-state index in [0.717, 1.165) is 6.42 Å². The molecule has 2 N–H and O–H groups in total. The number of carbonyl (C=O) groups excluding carboxylic acids is 2. The van der Waals surface area contributed by atoms with Crippen LogP contribution in [0.2, 0.25) is 0 Å². The minimum atomic E-state index is -0.660. The Morgan fingerprint density at radius 2 is 1.92 bits per heavy atom. The molecule has 1 fully saturated rings. The molecule has 1 aliphatic rings. The van der Waals surface area contributed by atoms with E-state index in [2.05, 4.69) is 15.6 Å². The number of nitrogens with one attached hydrogen (secondary N) is 2. The fraction of sp³-hybridized carbons (Fsp3) is 0.750. The standard InChI is InChI=1S/C8H14N2O3/c1-8(2)4-5(8)6(11)9-10-7(12)13-3/h5H,4H2,1-3H3,(H,9,11)(H,10,12). The quantitative estimate of drug-likeness (QED) is 0.583. The van der Waals surface area contributed by atoms with E-state index in [1.807, 2.05) is 13.8 Å². The predicted molar refractivity (Wildman–Crippen MR) is 45.6 cm³/mol. The molecule has 2 amide bonds. The lowest BCUT2D eigenvalue weighted by atomic mass is 10.1. The van der Waals surface area contributed by atoms with Crippen LogP contribution in [0.25, 0.3) is 0 Å². The number of hydrogen-bond acceptors (Lipinski definition) is 3. The van der Waals surface area contributed by atoms with Crippen LogP contribution in [0, 0.1) is 11.3 Å². The Kier molecular flexibility index (Phi) is 2.45. The first-order chi connectivity index (χ1) is 5.97. The minimum Gasteiger partial charge on any atom is -0.452 e. The van der Waals surface area contributed by atoms with Crippen molar-refractivity contribution in [2.75, 3.05) is 7.11 Å². The van der Waals surface area contributed by atoms with E-state index in [9.17, 15) is 9.59 Å². The number of amides is 2. The Morgan fingerprint density at radius 3 is 2.31 bits per heavy atom. The smallest absolute Gasteiger partial charge is 0.425 e. The molecule has 1 rings (SSSR count). The predicted octanol–water partition coefficient (Wildman–Crippen LogP) is 0.420. The fourth-order valence-corrected chi connectivity index (χ4v) is 1.17. The van der Waals surface area contributed by atoms with Gasteiger partial charge in [0.15, 0.2) is 0 Å². The molecular formula is C8H14N2O3. The van der Waals surface area contributed by atoms with Crippen molar-refractivity contribution in [3.63, 3.8) is 0 Å². The van der Waals surface area contributed by atoms with Gasteiger partial charge in [0.1, 0.15) is 0 Å². The molecule has 5 heteroatoms.